The number of hydrogen-bond donors (Lipinski definition) is 1. The van der Waals surface area contributed by atoms with Crippen molar-refractivity contribution in [2.45, 2.75) is 59.0 Å². The van der Waals surface area contributed by atoms with Crippen LogP contribution in [0.2, 0.25) is 0 Å². The molecule has 0 radical (unpaired) electrons. The zero-order chi connectivity index (χ0) is 14.6. The number of allylic oxidation sites excluding steroid dienone is 1. The molecule has 2 amide bonds. The fraction of sp³-hybridized carbons (Fsp3) is 0.733. The van der Waals surface area contributed by atoms with Gasteiger partial charge in [0.05, 0.1) is 0 Å². The van der Waals surface area contributed by atoms with Gasteiger partial charge in [0.2, 0.25) is 11.8 Å². The van der Waals surface area contributed by atoms with Gasteiger partial charge in [-0.2, -0.15) is 0 Å². The van der Waals surface area contributed by atoms with Crippen LogP contribution in [0.25, 0.3) is 0 Å². The second-order valence-electron chi connectivity index (χ2n) is 5.80. The summed E-state index contributed by atoms with van der Waals surface area (Å²) in [6.07, 6.45) is 5.15. The molecule has 0 aromatic carbocycles. The highest BCUT2D eigenvalue weighted by Gasteiger charge is 2.47. The topological polar surface area (TPSA) is 49.4 Å². The third kappa shape index (κ3) is 3.17. The Morgan fingerprint density at radius 3 is 2.53 bits per heavy atom. The number of piperazine rings is 1. The molecule has 2 unspecified atom stereocenters. The monoisotopic (exact) mass is 266 g/mol. The fourth-order valence-corrected chi connectivity index (χ4v) is 2.41. The molecule has 0 saturated carbocycles. The number of hydrogen-bond acceptors (Lipinski definition) is 2. The van der Waals surface area contributed by atoms with Crippen molar-refractivity contribution < 1.29 is 9.59 Å². The van der Waals surface area contributed by atoms with E-state index in [0.29, 0.717) is 25.3 Å². The first-order chi connectivity index (χ1) is 8.86. The Bertz CT molecular complexity index is 376. The summed E-state index contributed by atoms with van der Waals surface area (Å²) in [5.41, 5.74) is -0.732. The average molecular weight is 266 g/mol. The number of nitrogens with one attached hydrogen (secondary N) is 1. The average Bonchev–Trinajstić information content (AvgIpc) is 2.35. The highest BCUT2D eigenvalue weighted by Crippen LogP contribution is 2.26. The predicted molar refractivity (Wildman–Crippen MR) is 76.6 cm³/mol. The molecule has 108 valence electrons. The van der Waals surface area contributed by atoms with Crippen molar-refractivity contribution >= 4 is 11.8 Å². The van der Waals surface area contributed by atoms with Crippen LogP contribution in [0.3, 0.4) is 0 Å². The van der Waals surface area contributed by atoms with Crippen LogP contribution in [-0.2, 0) is 9.59 Å². The van der Waals surface area contributed by atoms with Crippen molar-refractivity contribution in [1.29, 1.82) is 0 Å². The van der Waals surface area contributed by atoms with Gasteiger partial charge in [0.15, 0.2) is 0 Å². The summed E-state index contributed by atoms with van der Waals surface area (Å²) in [5, 5.41) is 2.89. The van der Waals surface area contributed by atoms with E-state index in [1.165, 1.54) is 0 Å². The summed E-state index contributed by atoms with van der Waals surface area (Å²) in [6, 6.07) is -0.377. The van der Waals surface area contributed by atoms with Crippen molar-refractivity contribution in [3.05, 3.63) is 12.2 Å². The van der Waals surface area contributed by atoms with Gasteiger partial charge in [-0.05, 0) is 32.6 Å². The number of nitrogens with zero attached hydrogens (tertiary/aromatic N) is 1. The van der Waals surface area contributed by atoms with E-state index in [1.54, 1.807) is 4.90 Å². The largest absolute Gasteiger partial charge is 0.342 e. The van der Waals surface area contributed by atoms with Crippen LogP contribution in [0.4, 0.5) is 0 Å². The summed E-state index contributed by atoms with van der Waals surface area (Å²) in [5.74, 6) is 0.379. The molecule has 0 bridgehead atoms. The van der Waals surface area contributed by atoms with Crippen LogP contribution >= 0.6 is 0 Å². The number of carbonyl (C=O) groups excluding carboxylic acids is 2. The molecule has 1 fully saturated rings. The van der Waals surface area contributed by atoms with E-state index in [0.717, 1.165) is 0 Å². The SMILES string of the molecule is C/C=C/CN1C(=O)C(CC(C)C)NC(=O)C1(C)CC. The number of carbonyl (C=O) groups is 2. The Morgan fingerprint density at radius 2 is 2.05 bits per heavy atom. The van der Waals surface area contributed by atoms with E-state index in [9.17, 15) is 9.59 Å². The maximum absolute atomic E-state index is 12.6. The first-order valence-electron chi connectivity index (χ1n) is 7.10. The molecule has 1 heterocycles. The lowest BCUT2D eigenvalue weighted by atomic mass is 9.88. The molecular formula is C15H26N2O2. The fourth-order valence-electron chi connectivity index (χ4n) is 2.41. The van der Waals surface area contributed by atoms with Gasteiger partial charge in [0, 0.05) is 6.54 Å². The minimum absolute atomic E-state index is 0.0373. The van der Waals surface area contributed by atoms with Gasteiger partial charge in [-0.1, -0.05) is 32.9 Å². The molecule has 4 nitrogen and oxygen atoms in total. The molecule has 0 aromatic rings. The van der Waals surface area contributed by atoms with E-state index >= 15 is 0 Å². The third-order valence-corrected chi connectivity index (χ3v) is 3.87. The highest BCUT2D eigenvalue weighted by atomic mass is 16.2. The minimum Gasteiger partial charge on any atom is -0.342 e. The quantitative estimate of drug-likeness (QED) is 0.775. The molecule has 0 spiro atoms. The van der Waals surface area contributed by atoms with Gasteiger partial charge < -0.3 is 10.2 Å². The van der Waals surface area contributed by atoms with E-state index in [2.05, 4.69) is 19.2 Å². The van der Waals surface area contributed by atoms with Gasteiger partial charge >= 0.3 is 0 Å². The summed E-state index contributed by atoms with van der Waals surface area (Å²) < 4.78 is 0. The molecular weight excluding hydrogens is 240 g/mol. The third-order valence-electron chi connectivity index (χ3n) is 3.87. The molecule has 0 aliphatic carbocycles. The Morgan fingerprint density at radius 1 is 1.42 bits per heavy atom. The van der Waals surface area contributed by atoms with Crippen molar-refractivity contribution in [3.63, 3.8) is 0 Å². The molecule has 4 heteroatoms. The lowest BCUT2D eigenvalue weighted by Gasteiger charge is -2.46. The molecule has 2 atom stereocenters. The van der Waals surface area contributed by atoms with Gasteiger partial charge in [0.1, 0.15) is 11.6 Å². The maximum Gasteiger partial charge on any atom is 0.246 e. The molecule has 1 saturated heterocycles. The smallest absolute Gasteiger partial charge is 0.246 e. The van der Waals surface area contributed by atoms with Gasteiger partial charge in [-0.25, -0.2) is 0 Å². The zero-order valence-electron chi connectivity index (χ0n) is 12.7. The van der Waals surface area contributed by atoms with Crippen molar-refractivity contribution in [3.8, 4) is 0 Å². The predicted octanol–water partition coefficient (Wildman–Crippen LogP) is 2.10. The van der Waals surface area contributed by atoms with Crippen LogP contribution in [-0.4, -0.2) is 34.8 Å². The Hall–Kier alpha value is -1.32. The summed E-state index contributed by atoms with van der Waals surface area (Å²) in [4.78, 5) is 26.6. The zero-order valence-corrected chi connectivity index (χ0v) is 12.7. The second-order valence-corrected chi connectivity index (χ2v) is 5.80. The van der Waals surface area contributed by atoms with Gasteiger partial charge in [-0.15, -0.1) is 0 Å². The van der Waals surface area contributed by atoms with Crippen molar-refractivity contribution in [1.82, 2.24) is 10.2 Å². The second kappa shape index (κ2) is 6.22. The summed E-state index contributed by atoms with van der Waals surface area (Å²) in [6.45, 7) is 10.3. The summed E-state index contributed by atoms with van der Waals surface area (Å²) >= 11 is 0. The van der Waals surface area contributed by atoms with E-state index in [-0.39, 0.29) is 17.9 Å². The van der Waals surface area contributed by atoms with Gasteiger partial charge in [-0.3, -0.25) is 9.59 Å². The molecule has 0 aromatic heterocycles. The first kappa shape index (κ1) is 15.7. The van der Waals surface area contributed by atoms with Crippen LogP contribution in [0.1, 0.15) is 47.5 Å². The van der Waals surface area contributed by atoms with Crippen molar-refractivity contribution in [2.24, 2.45) is 5.92 Å². The minimum atomic E-state index is -0.732. The summed E-state index contributed by atoms with van der Waals surface area (Å²) in [7, 11) is 0. The van der Waals surface area contributed by atoms with Crippen molar-refractivity contribution in [2.75, 3.05) is 6.54 Å². The maximum atomic E-state index is 12.6. The van der Waals surface area contributed by atoms with E-state index in [4.69, 9.17) is 0 Å². The Balaban J connectivity index is 3.01. The molecule has 1 N–H and O–H groups in total. The molecule has 19 heavy (non-hydrogen) atoms. The highest BCUT2D eigenvalue weighted by molar-refractivity contribution is 5.99. The lowest BCUT2D eigenvalue weighted by molar-refractivity contribution is -0.156. The van der Waals surface area contributed by atoms with Gasteiger partial charge in [0.25, 0.3) is 0 Å². The van der Waals surface area contributed by atoms with E-state index < -0.39 is 5.54 Å². The van der Waals surface area contributed by atoms with Crippen LogP contribution in [0.15, 0.2) is 12.2 Å². The van der Waals surface area contributed by atoms with Crippen LogP contribution in [0.5, 0.6) is 0 Å². The molecule has 1 aliphatic rings. The first-order valence-corrected chi connectivity index (χ1v) is 7.10. The number of amides is 2. The van der Waals surface area contributed by atoms with Crippen LogP contribution in [0, 0.1) is 5.92 Å². The standard InChI is InChI=1S/C15H26N2O2/c1-6-8-9-17-13(18)12(10-11(3)4)16-14(19)15(17,5)7-2/h6,8,11-12H,7,9-10H2,1-5H3,(H,16,19)/b8-6+. The Kier molecular flexibility index (Phi) is 5.15. The molecule has 1 aliphatic heterocycles. The number of rotatable bonds is 5. The lowest BCUT2D eigenvalue weighted by Crippen LogP contribution is -2.69. The van der Waals surface area contributed by atoms with E-state index in [1.807, 2.05) is 32.9 Å². The molecule has 1 rings (SSSR count). The normalized spacial score (nSPS) is 28.3. The Labute approximate surface area is 116 Å². The van der Waals surface area contributed by atoms with Crippen LogP contribution < -0.4 is 5.32 Å².